The Morgan fingerprint density at radius 3 is 3.03 bits per heavy atom. The summed E-state index contributed by atoms with van der Waals surface area (Å²) in [4.78, 5) is 20.4. The van der Waals surface area contributed by atoms with Crippen molar-refractivity contribution in [1.82, 2.24) is 10.3 Å². The highest BCUT2D eigenvalue weighted by Crippen LogP contribution is 2.24. The van der Waals surface area contributed by atoms with E-state index in [2.05, 4.69) is 46.5 Å². The molecule has 0 spiro atoms. The third-order valence-electron chi connectivity index (χ3n) is 5.12. The molecule has 4 rings (SSSR count). The van der Waals surface area contributed by atoms with Crippen molar-refractivity contribution in [2.75, 3.05) is 19.4 Å². The Hall–Kier alpha value is -2.73. The number of hydrogen-bond acceptors (Lipinski definition) is 4. The number of aryl methyl sites for hydroxylation is 1. The monoisotopic (exact) mass is 407 g/mol. The van der Waals surface area contributed by atoms with E-state index in [4.69, 9.17) is 4.74 Å². The van der Waals surface area contributed by atoms with Crippen LogP contribution in [0, 0.1) is 6.92 Å². The van der Waals surface area contributed by atoms with Crippen molar-refractivity contribution in [3.63, 3.8) is 0 Å². The average Bonchev–Trinajstić information content (AvgIpc) is 3.35. The van der Waals surface area contributed by atoms with Gasteiger partial charge in [0.2, 0.25) is 5.91 Å². The van der Waals surface area contributed by atoms with Gasteiger partial charge in [-0.05, 0) is 42.7 Å². The van der Waals surface area contributed by atoms with Gasteiger partial charge in [0.05, 0.1) is 12.2 Å². The summed E-state index contributed by atoms with van der Waals surface area (Å²) >= 11 is 1.69. The minimum atomic E-state index is -0.289. The second-order valence-electron chi connectivity index (χ2n) is 7.28. The van der Waals surface area contributed by atoms with Crippen LogP contribution in [0.3, 0.4) is 0 Å². The summed E-state index contributed by atoms with van der Waals surface area (Å²) in [5, 5.41) is 5.22. The molecule has 2 heterocycles. The number of rotatable bonds is 7. The number of ether oxygens (including phenoxy) is 1. The summed E-state index contributed by atoms with van der Waals surface area (Å²) in [6, 6.07) is 14.1. The normalized spacial score (nSPS) is 16.1. The highest BCUT2D eigenvalue weighted by Gasteiger charge is 2.24. The molecular weight excluding hydrogens is 382 g/mol. The molecule has 1 aromatic heterocycles. The highest BCUT2D eigenvalue weighted by atomic mass is 32.2. The Kier molecular flexibility index (Phi) is 5.90. The number of carbonyl (C=O) groups is 1. The molecule has 0 saturated carbocycles. The van der Waals surface area contributed by atoms with Crippen molar-refractivity contribution in [2.24, 2.45) is 4.99 Å². The molecule has 0 radical (unpaired) electrons. The van der Waals surface area contributed by atoms with Gasteiger partial charge in [-0.25, -0.2) is 0 Å². The first-order valence-electron chi connectivity index (χ1n) is 9.79. The molecule has 2 aromatic carbocycles. The lowest BCUT2D eigenvalue weighted by atomic mass is 10.1. The minimum Gasteiger partial charge on any atom is -0.497 e. The van der Waals surface area contributed by atoms with E-state index in [0.717, 1.165) is 40.3 Å². The van der Waals surface area contributed by atoms with E-state index in [9.17, 15) is 4.79 Å². The number of thioether (sulfide) groups is 1. The molecule has 6 heteroatoms. The summed E-state index contributed by atoms with van der Waals surface area (Å²) < 4.78 is 5.32. The molecule has 0 saturated heterocycles. The number of aromatic nitrogens is 1. The number of amides is 1. The zero-order chi connectivity index (χ0) is 20.2. The number of aliphatic imine (C=N–C) groups is 1. The second kappa shape index (κ2) is 8.74. The fraction of sp³-hybridized carbons (Fsp3) is 0.304. The van der Waals surface area contributed by atoms with E-state index in [-0.39, 0.29) is 11.9 Å². The standard InChI is InChI=1S/C23H25N3O2S/c1-15-4-3-5-16(10-15)11-22-26-21(14-29-22)23(27)24-9-8-17-13-25-20-7-6-18(28-2)12-19(17)20/h3-7,10,12-13,21,25H,8-9,11,14H2,1-2H3,(H,24,27)/t21-/m0/s1. The number of carbonyl (C=O) groups excluding carboxylic acids is 1. The highest BCUT2D eigenvalue weighted by molar-refractivity contribution is 8.14. The number of methoxy groups -OCH3 is 1. The van der Waals surface area contributed by atoms with Crippen LogP contribution >= 0.6 is 11.8 Å². The molecule has 0 bridgehead atoms. The fourth-order valence-electron chi connectivity index (χ4n) is 3.58. The molecular formula is C23H25N3O2S. The van der Waals surface area contributed by atoms with Gasteiger partial charge in [0.25, 0.3) is 0 Å². The quantitative estimate of drug-likeness (QED) is 0.624. The molecule has 1 amide bonds. The zero-order valence-electron chi connectivity index (χ0n) is 16.7. The van der Waals surface area contributed by atoms with Crippen molar-refractivity contribution in [3.8, 4) is 5.75 Å². The molecule has 0 aliphatic carbocycles. The van der Waals surface area contributed by atoms with Crippen LogP contribution in [-0.4, -0.2) is 41.4 Å². The third-order valence-corrected chi connectivity index (χ3v) is 6.18. The van der Waals surface area contributed by atoms with Gasteiger partial charge in [0, 0.05) is 35.8 Å². The Morgan fingerprint density at radius 1 is 1.31 bits per heavy atom. The van der Waals surface area contributed by atoms with Gasteiger partial charge in [-0.3, -0.25) is 9.79 Å². The first kappa shape index (κ1) is 19.6. The number of benzene rings is 2. The zero-order valence-corrected chi connectivity index (χ0v) is 17.5. The van der Waals surface area contributed by atoms with Gasteiger partial charge >= 0.3 is 0 Å². The number of nitrogens with one attached hydrogen (secondary N) is 2. The molecule has 5 nitrogen and oxygen atoms in total. The van der Waals surface area contributed by atoms with Gasteiger partial charge in [-0.15, -0.1) is 11.8 Å². The SMILES string of the molecule is COc1ccc2[nH]cc(CCNC(=O)[C@@H]3CSC(Cc4cccc(C)c4)=N3)c2c1. The van der Waals surface area contributed by atoms with E-state index in [1.807, 2.05) is 24.4 Å². The largest absolute Gasteiger partial charge is 0.497 e. The molecule has 0 unspecified atom stereocenters. The van der Waals surface area contributed by atoms with Crippen molar-refractivity contribution in [1.29, 1.82) is 0 Å². The fourth-order valence-corrected chi connectivity index (χ4v) is 4.63. The minimum absolute atomic E-state index is 0.00849. The van der Waals surface area contributed by atoms with E-state index >= 15 is 0 Å². The summed E-state index contributed by atoms with van der Waals surface area (Å²) in [6.07, 6.45) is 3.56. The lowest BCUT2D eigenvalue weighted by molar-refractivity contribution is -0.121. The van der Waals surface area contributed by atoms with Crippen LogP contribution in [-0.2, 0) is 17.6 Å². The topological polar surface area (TPSA) is 66.5 Å². The lowest BCUT2D eigenvalue weighted by Gasteiger charge is -2.08. The van der Waals surface area contributed by atoms with Gasteiger partial charge in [-0.1, -0.05) is 29.8 Å². The van der Waals surface area contributed by atoms with Crippen LogP contribution in [0.15, 0.2) is 53.7 Å². The van der Waals surface area contributed by atoms with Crippen LogP contribution in [0.2, 0.25) is 0 Å². The molecule has 1 aliphatic rings. The predicted octanol–water partition coefficient (Wildman–Crippen LogP) is 3.90. The number of nitrogens with zero attached hydrogens (tertiary/aromatic N) is 1. The smallest absolute Gasteiger partial charge is 0.245 e. The molecule has 29 heavy (non-hydrogen) atoms. The Balaban J connectivity index is 1.32. The number of fused-ring (bicyclic) bond motifs is 1. The van der Waals surface area contributed by atoms with E-state index in [0.29, 0.717) is 6.54 Å². The molecule has 3 aromatic rings. The molecule has 0 fully saturated rings. The van der Waals surface area contributed by atoms with E-state index < -0.39 is 0 Å². The average molecular weight is 408 g/mol. The molecule has 1 aliphatic heterocycles. The van der Waals surface area contributed by atoms with Crippen LogP contribution in [0.1, 0.15) is 16.7 Å². The number of aromatic amines is 1. The maximum atomic E-state index is 12.5. The lowest BCUT2D eigenvalue weighted by Crippen LogP contribution is -2.35. The number of hydrogen-bond donors (Lipinski definition) is 2. The van der Waals surface area contributed by atoms with E-state index in [1.54, 1.807) is 18.9 Å². The summed E-state index contributed by atoms with van der Waals surface area (Å²) in [5.41, 5.74) is 4.73. The first-order valence-corrected chi connectivity index (χ1v) is 10.8. The summed E-state index contributed by atoms with van der Waals surface area (Å²) in [5.74, 6) is 1.56. The Labute approximate surface area is 175 Å². The van der Waals surface area contributed by atoms with Crippen molar-refractivity contribution >= 4 is 33.6 Å². The maximum absolute atomic E-state index is 12.5. The van der Waals surface area contributed by atoms with Crippen LogP contribution in [0.25, 0.3) is 10.9 Å². The molecule has 150 valence electrons. The van der Waals surface area contributed by atoms with Gasteiger partial charge in [0.15, 0.2) is 0 Å². The van der Waals surface area contributed by atoms with Crippen molar-refractivity contribution in [3.05, 3.63) is 65.4 Å². The Morgan fingerprint density at radius 2 is 2.21 bits per heavy atom. The Bertz CT molecular complexity index is 1060. The second-order valence-corrected chi connectivity index (χ2v) is 8.38. The molecule has 2 N–H and O–H groups in total. The van der Waals surface area contributed by atoms with Gasteiger partial charge < -0.3 is 15.0 Å². The van der Waals surface area contributed by atoms with Crippen LogP contribution in [0.5, 0.6) is 5.75 Å². The summed E-state index contributed by atoms with van der Waals surface area (Å²) in [6.45, 7) is 2.68. The molecule has 1 atom stereocenters. The van der Waals surface area contributed by atoms with Crippen LogP contribution < -0.4 is 10.1 Å². The summed E-state index contributed by atoms with van der Waals surface area (Å²) in [7, 11) is 1.67. The van der Waals surface area contributed by atoms with Crippen molar-refractivity contribution in [2.45, 2.75) is 25.8 Å². The van der Waals surface area contributed by atoms with Crippen molar-refractivity contribution < 1.29 is 9.53 Å². The maximum Gasteiger partial charge on any atom is 0.245 e. The van der Waals surface area contributed by atoms with Gasteiger partial charge in [0.1, 0.15) is 11.8 Å². The number of H-pyrrole nitrogens is 1. The van der Waals surface area contributed by atoms with Crippen LogP contribution in [0.4, 0.5) is 0 Å². The third kappa shape index (κ3) is 4.65. The first-order chi connectivity index (χ1) is 14.1. The van der Waals surface area contributed by atoms with E-state index in [1.165, 1.54) is 16.7 Å². The van der Waals surface area contributed by atoms with Gasteiger partial charge in [-0.2, -0.15) is 0 Å². The predicted molar refractivity (Wildman–Crippen MR) is 120 cm³/mol.